The van der Waals surface area contributed by atoms with Gasteiger partial charge in [0.05, 0.1) is 5.56 Å². The predicted octanol–water partition coefficient (Wildman–Crippen LogP) is 1.35. The molecule has 1 fully saturated rings. The van der Waals surface area contributed by atoms with Crippen molar-refractivity contribution in [3.8, 4) is 5.75 Å². The van der Waals surface area contributed by atoms with Crippen LogP contribution in [0.25, 0.3) is 5.76 Å². The summed E-state index contributed by atoms with van der Waals surface area (Å²) in [6.45, 7) is 5.44. The van der Waals surface area contributed by atoms with Crippen molar-refractivity contribution in [1.29, 1.82) is 0 Å². The average Bonchev–Trinajstić information content (AvgIpc) is 2.67. The van der Waals surface area contributed by atoms with Crippen molar-refractivity contribution in [3.05, 3.63) is 44.7 Å². The van der Waals surface area contributed by atoms with Gasteiger partial charge in [-0.1, -0.05) is 0 Å². The molecule has 1 amide bonds. The van der Waals surface area contributed by atoms with Crippen LogP contribution in [0.3, 0.4) is 0 Å². The van der Waals surface area contributed by atoms with E-state index < -0.39 is 52.0 Å². The molecular weight excluding hydrogens is 390 g/mol. The highest BCUT2D eigenvalue weighted by molar-refractivity contribution is 6.22. The summed E-state index contributed by atoms with van der Waals surface area (Å²) in [7, 11) is 0. The van der Waals surface area contributed by atoms with Crippen molar-refractivity contribution in [1.82, 2.24) is 0 Å². The SMILES string of the molecule is Cc1c(C)c(O)c2c(c1C)C[C@H]1C[C@H]3CC(=O)C(C(N)=O)=C(O)[C@@]3(O)C(=O)C1=C2O. The Hall–Kier alpha value is -3.13. The first-order chi connectivity index (χ1) is 13.9. The maximum Gasteiger partial charge on any atom is 0.255 e. The van der Waals surface area contributed by atoms with Gasteiger partial charge in [0.2, 0.25) is 5.78 Å². The Morgan fingerprint density at radius 2 is 1.67 bits per heavy atom. The van der Waals surface area contributed by atoms with Crippen LogP contribution in [0.2, 0.25) is 0 Å². The molecule has 3 atom stereocenters. The minimum Gasteiger partial charge on any atom is -0.508 e. The number of carbonyl (C=O) groups excluding carboxylic acids is 3. The molecule has 0 radical (unpaired) electrons. The number of ketones is 2. The number of aromatic hydroxyl groups is 1. The van der Waals surface area contributed by atoms with Crippen LogP contribution in [-0.4, -0.2) is 43.5 Å². The third-order valence-electron chi connectivity index (χ3n) is 7.13. The fourth-order valence-corrected chi connectivity index (χ4v) is 5.22. The monoisotopic (exact) mass is 413 g/mol. The standard InChI is InChI=1S/C22H23NO7/c1-7-8(2)12-5-10-4-11-6-13(24)16(21(23)29)20(28)22(11,30)19(27)14(10)18(26)15(12)17(25)9(7)3/h10-11,25-26,28,30H,4-6H2,1-3H3,(H2,23,29)/t10-,11+,22+/m1/s1. The number of benzene rings is 1. The van der Waals surface area contributed by atoms with Gasteiger partial charge < -0.3 is 26.2 Å². The summed E-state index contributed by atoms with van der Waals surface area (Å²) in [5.41, 5.74) is 4.91. The van der Waals surface area contributed by atoms with Gasteiger partial charge in [0, 0.05) is 17.9 Å². The number of fused-ring (bicyclic) bond motifs is 3. The zero-order valence-corrected chi connectivity index (χ0v) is 16.9. The fourth-order valence-electron chi connectivity index (χ4n) is 5.22. The third-order valence-corrected chi connectivity index (χ3v) is 7.13. The number of rotatable bonds is 1. The van der Waals surface area contributed by atoms with Crippen LogP contribution in [0.5, 0.6) is 5.75 Å². The summed E-state index contributed by atoms with van der Waals surface area (Å²) in [6, 6.07) is 0. The van der Waals surface area contributed by atoms with Gasteiger partial charge in [-0.05, 0) is 61.8 Å². The van der Waals surface area contributed by atoms with Crippen molar-refractivity contribution in [2.45, 2.75) is 45.6 Å². The lowest BCUT2D eigenvalue weighted by Crippen LogP contribution is -2.58. The Kier molecular flexibility index (Phi) is 4.15. The summed E-state index contributed by atoms with van der Waals surface area (Å²) in [6.07, 6.45) is 0.143. The topological polar surface area (TPSA) is 158 Å². The maximum absolute atomic E-state index is 13.4. The van der Waals surface area contributed by atoms with Gasteiger partial charge in [-0.3, -0.25) is 14.4 Å². The number of amides is 1. The number of Topliss-reactive ketones (excluding diaryl/α,β-unsaturated/α-hetero) is 2. The lowest BCUT2D eigenvalue weighted by Gasteiger charge is -2.46. The summed E-state index contributed by atoms with van der Waals surface area (Å²) >= 11 is 0. The van der Waals surface area contributed by atoms with E-state index in [1.165, 1.54) is 0 Å². The molecule has 0 spiro atoms. The summed E-state index contributed by atoms with van der Waals surface area (Å²) in [5, 5.41) is 43.3. The number of aliphatic hydroxyl groups is 3. The number of hydrogen-bond acceptors (Lipinski definition) is 7. The molecule has 1 aromatic rings. The van der Waals surface area contributed by atoms with Crippen LogP contribution in [0, 0.1) is 32.6 Å². The van der Waals surface area contributed by atoms with Crippen molar-refractivity contribution >= 4 is 23.2 Å². The Morgan fingerprint density at radius 1 is 1.03 bits per heavy atom. The van der Waals surface area contributed by atoms with Crippen LogP contribution in [-0.2, 0) is 20.8 Å². The zero-order valence-electron chi connectivity index (χ0n) is 16.9. The Morgan fingerprint density at radius 3 is 2.27 bits per heavy atom. The fraction of sp³-hybridized carbons (Fsp3) is 0.409. The van der Waals surface area contributed by atoms with E-state index in [-0.39, 0.29) is 29.7 Å². The first-order valence-corrected chi connectivity index (χ1v) is 9.71. The molecule has 6 N–H and O–H groups in total. The van der Waals surface area contributed by atoms with E-state index in [1.807, 2.05) is 13.8 Å². The van der Waals surface area contributed by atoms with Crippen molar-refractivity contribution in [2.75, 3.05) is 0 Å². The Bertz CT molecular complexity index is 1130. The molecular formula is C22H23NO7. The molecule has 0 unspecified atom stereocenters. The van der Waals surface area contributed by atoms with Gasteiger partial charge in [-0.25, -0.2) is 0 Å². The lowest BCUT2D eigenvalue weighted by molar-refractivity contribution is -0.147. The van der Waals surface area contributed by atoms with Crippen LogP contribution >= 0.6 is 0 Å². The second kappa shape index (κ2) is 6.18. The van der Waals surface area contributed by atoms with Gasteiger partial charge in [0.15, 0.2) is 11.4 Å². The van der Waals surface area contributed by atoms with Crippen molar-refractivity contribution < 1.29 is 34.8 Å². The minimum absolute atomic E-state index is 0.121. The molecule has 1 saturated carbocycles. The highest BCUT2D eigenvalue weighted by atomic mass is 16.3. The molecule has 0 aromatic heterocycles. The highest BCUT2D eigenvalue weighted by Gasteiger charge is 2.60. The molecule has 3 aliphatic carbocycles. The number of hydrogen-bond donors (Lipinski definition) is 5. The molecule has 0 saturated heterocycles. The van der Waals surface area contributed by atoms with E-state index in [0.29, 0.717) is 17.5 Å². The molecule has 4 rings (SSSR count). The lowest BCUT2D eigenvalue weighted by atomic mass is 9.59. The smallest absolute Gasteiger partial charge is 0.255 e. The van der Waals surface area contributed by atoms with Crippen LogP contribution < -0.4 is 5.73 Å². The van der Waals surface area contributed by atoms with Crippen LogP contribution in [0.4, 0.5) is 0 Å². The molecule has 8 nitrogen and oxygen atoms in total. The number of phenolic OH excluding ortho intramolecular Hbond substituents is 1. The van der Waals surface area contributed by atoms with Gasteiger partial charge in [-0.15, -0.1) is 0 Å². The number of nitrogens with two attached hydrogens (primary N) is 1. The number of aliphatic hydroxyl groups excluding tert-OH is 2. The van der Waals surface area contributed by atoms with Gasteiger partial charge >= 0.3 is 0 Å². The summed E-state index contributed by atoms with van der Waals surface area (Å²) in [5.74, 6) is -6.06. The summed E-state index contributed by atoms with van der Waals surface area (Å²) < 4.78 is 0. The quantitative estimate of drug-likeness (QED) is 0.435. The molecule has 0 heterocycles. The molecule has 1 aromatic carbocycles. The summed E-state index contributed by atoms with van der Waals surface area (Å²) in [4.78, 5) is 37.3. The highest BCUT2D eigenvalue weighted by Crippen LogP contribution is 2.52. The van der Waals surface area contributed by atoms with E-state index >= 15 is 0 Å². The van der Waals surface area contributed by atoms with Crippen molar-refractivity contribution in [2.24, 2.45) is 17.6 Å². The predicted molar refractivity (Wildman–Crippen MR) is 106 cm³/mol. The zero-order chi connectivity index (χ0) is 22.3. The minimum atomic E-state index is -2.53. The van der Waals surface area contributed by atoms with Gasteiger partial charge in [-0.2, -0.15) is 0 Å². The van der Waals surface area contributed by atoms with E-state index in [4.69, 9.17) is 5.73 Å². The number of phenols is 1. The van der Waals surface area contributed by atoms with Crippen LogP contribution in [0.15, 0.2) is 16.9 Å². The number of primary amides is 1. The maximum atomic E-state index is 13.4. The van der Waals surface area contributed by atoms with Crippen LogP contribution in [0.1, 0.15) is 40.7 Å². The molecule has 8 heteroatoms. The molecule has 3 aliphatic rings. The molecule has 158 valence electrons. The van der Waals surface area contributed by atoms with Crippen molar-refractivity contribution in [3.63, 3.8) is 0 Å². The van der Waals surface area contributed by atoms with Gasteiger partial charge in [0.1, 0.15) is 22.8 Å². The first-order valence-electron chi connectivity index (χ1n) is 9.71. The largest absolute Gasteiger partial charge is 0.508 e. The third kappa shape index (κ3) is 2.28. The number of carbonyl (C=O) groups is 3. The first kappa shape index (κ1) is 20.2. The second-order valence-electron chi connectivity index (χ2n) is 8.48. The Labute approximate surface area is 172 Å². The second-order valence-corrected chi connectivity index (χ2v) is 8.48. The van der Waals surface area contributed by atoms with E-state index in [0.717, 1.165) is 11.1 Å². The van der Waals surface area contributed by atoms with E-state index in [9.17, 15) is 34.8 Å². The molecule has 0 aliphatic heterocycles. The average molecular weight is 413 g/mol. The molecule has 30 heavy (non-hydrogen) atoms. The normalized spacial score (nSPS) is 28.3. The van der Waals surface area contributed by atoms with E-state index in [1.54, 1.807) is 6.92 Å². The van der Waals surface area contributed by atoms with Gasteiger partial charge in [0.25, 0.3) is 5.91 Å². The van der Waals surface area contributed by atoms with E-state index in [2.05, 4.69) is 0 Å². The molecule has 0 bridgehead atoms. The Balaban J connectivity index is 1.98.